The Morgan fingerprint density at radius 2 is 1.93 bits per heavy atom. The molecule has 1 aromatic carbocycles. The van der Waals surface area contributed by atoms with Crippen molar-refractivity contribution in [3.05, 3.63) is 41.1 Å². The molecule has 0 saturated carbocycles. The number of hydrogen-bond acceptors (Lipinski definition) is 4. The van der Waals surface area contributed by atoms with E-state index in [1.54, 1.807) is 11.8 Å². The second-order valence-corrected chi connectivity index (χ2v) is 7.02. The first kappa shape index (κ1) is 19.1. The lowest BCUT2D eigenvalue weighted by Crippen LogP contribution is -2.47. The maximum absolute atomic E-state index is 12.6. The van der Waals surface area contributed by atoms with E-state index in [4.69, 9.17) is 4.74 Å². The normalized spacial score (nSPS) is 15.0. The van der Waals surface area contributed by atoms with Gasteiger partial charge in [-0.2, -0.15) is 0 Å². The van der Waals surface area contributed by atoms with Gasteiger partial charge in [0.2, 0.25) is 5.91 Å². The monoisotopic (exact) mass is 369 g/mol. The molecule has 1 aliphatic heterocycles. The van der Waals surface area contributed by atoms with Crippen LogP contribution >= 0.6 is 0 Å². The summed E-state index contributed by atoms with van der Waals surface area (Å²) in [4.78, 5) is 30.7. The first-order valence-corrected chi connectivity index (χ1v) is 9.55. The summed E-state index contributed by atoms with van der Waals surface area (Å²) < 4.78 is 5.03. The number of carbonyl (C=O) groups excluding carboxylic acids is 2. The number of rotatable bonds is 4. The van der Waals surface area contributed by atoms with Crippen LogP contribution in [0.25, 0.3) is 10.9 Å². The molecule has 1 saturated heterocycles. The summed E-state index contributed by atoms with van der Waals surface area (Å²) in [5, 5.41) is 4.21. The maximum Gasteiger partial charge on any atom is 0.409 e. The van der Waals surface area contributed by atoms with Crippen LogP contribution in [0.4, 0.5) is 4.79 Å². The van der Waals surface area contributed by atoms with E-state index in [1.165, 1.54) is 0 Å². The molecule has 2 aromatic rings. The SMILES string of the molecule is CCOC(=O)N1CCC(NC(=O)Cc2c(C)nc3ccccc3c2C)CC1. The zero-order chi connectivity index (χ0) is 19.4. The fourth-order valence-corrected chi connectivity index (χ4v) is 3.69. The summed E-state index contributed by atoms with van der Waals surface area (Å²) in [6, 6.07) is 8.11. The molecule has 0 radical (unpaired) electrons. The highest BCUT2D eigenvalue weighted by molar-refractivity contribution is 5.86. The quantitative estimate of drug-likeness (QED) is 0.899. The van der Waals surface area contributed by atoms with Crippen LogP contribution in [0.15, 0.2) is 24.3 Å². The molecule has 6 nitrogen and oxygen atoms in total. The van der Waals surface area contributed by atoms with Crippen molar-refractivity contribution in [3.8, 4) is 0 Å². The second kappa shape index (κ2) is 8.37. The van der Waals surface area contributed by atoms with E-state index in [0.717, 1.165) is 40.6 Å². The van der Waals surface area contributed by atoms with Gasteiger partial charge in [-0.15, -0.1) is 0 Å². The largest absolute Gasteiger partial charge is 0.450 e. The molecule has 0 unspecified atom stereocenters. The van der Waals surface area contributed by atoms with Gasteiger partial charge in [-0.05, 0) is 50.8 Å². The second-order valence-electron chi connectivity index (χ2n) is 7.02. The molecule has 3 rings (SSSR count). The van der Waals surface area contributed by atoms with Gasteiger partial charge >= 0.3 is 6.09 Å². The van der Waals surface area contributed by atoms with Crippen molar-refractivity contribution >= 4 is 22.9 Å². The topological polar surface area (TPSA) is 71.5 Å². The van der Waals surface area contributed by atoms with E-state index >= 15 is 0 Å². The Balaban J connectivity index is 1.61. The number of aromatic nitrogens is 1. The van der Waals surface area contributed by atoms with Crippen molar-refractivity contribution in [1.82, 2.24) is 15.2 Å². The fraction of sp³-hybridized carbons (Fsp3) is 0.476. The van der Waals surface area contributed by atoms with Crippen LogP contribution in [-0.4, -0.2) is 47.6 Å². The minimum Gasteiger partial charge on any atom is -0.450 e. The molecule has 1 aromatic heterocycles. The molecule has 0 spiro atoms. The zero-order valence-electron chi connectivity index (χ0n) is 16.2. The van der Waals surface area contributed by atoms with Crippen LogP contribution in [0.5, 0.6) is 0 Å². The molecule has 144 valence electrons. The summed E-state index contributed by atoms with van der Waals surface area (Å²) in [7, 11) is 0. The Morgan fingerprint density at radius 1 is 1.22 bits per heavy atom. The Bertz CT molecular complexity index is 842. The van der Waals surface area contributed by atoms with Crippen LogP contribution in [-0.2, 0) is 16.0 Å². The van der Waals surface area contributed by atoms with E-state index < -0.39 is 0 Å². The number of pyridine rings is 1. The molecule has 0 atom stereocenters. The van der Waals surface area contributed by atoms with Gasteiger partial charge in [-0.3, -0.25) is 9.78 Å². The summed E-state index contributed by atoms with van der Waals surface area (Å²) in [6.45, 7) is 7.42. The maximum atomic E-state index is 12.6. The number of nitrogens with one attached hydrogen (secondary N) is 1. The lowest BCUT2D eigenvalue weighted by Gasteiger charge is -2.31. The molecular formula is C21H27N3O3. The van der Waals surface area contributed by atoms with Gasteiger partial charge in [-0.1, -0.05) is 18.2 Å². The minimum absolute atomic E-state index is 0.00728. The highest BCUT2D eigenvalue weighted by atomic mass is 16.6. The van der Waals surface area contributed by atoms with Crippen molar-refractivity contribution in [2.24, 2.45) is 0 Å². The smallest absolute Gasteiger partial charge is 0.409 e. The number of amides is 2. The van der Waals surface area contributed by atoms with Crippen LogP contribution in [0.3, 0.4) is 0 Å². The molecule has 1 N–H and O–H groups in total. The number of hydrogen-bond donors (Lipinski definition) is 1. The van der Waals surface area contributed by atoms with Crippen LogP contribution < -0.4 is 5.32 Å². The van der Waals surface area contributed by atoms with E-state index in [0.29, 0.717) is 26.1 Å². The first-order chi connectivity index (χ1) is 13.0. The van der Waals surface area contributed by atoms with Crippen molar-refractivity contribution in [2.45, 2.75) is 46.1 Å². The van der Waals surface area contributed by atoms with E-state index in [9.17, 15) is 9.59 Å². The average Bonchev–Trinajstić information content (AvgIpc) is 2.66. The standard InChI is InChI=1S/C21H27N3O3/c1-4-27-21(26)24-11-9-16(10-12-24)23-20(25)13-18-14(2)17-7-5-6-8-19(17)22-15(18)3/h5-8,16H,4,9-13H2,1-3H3,(H,23,25). The highest BCUT2D eigenvalue weighted by Gasteiger charge is 2.25. The van der Waals surface area contributed by atoms with E-state index in [2.05, 4.69) is 17.2 Å². The third kappa shape index (κ3) is 4.38. The van der Waals surface area contributed by atoms with Gasteiger partial charge in [0.25, 0.3) is 0 Å². The van der Waals surface area contributed by atoms with Gasteiger partial charge in [-0.25, -0.2) is 4.79 Å². The summed E-state index contributed by atoms with van der Waals surface area (Å²) in [5.74, 6) is 0.00728. The number of benzene rings is 1. The third-order valence-electron chi connectivity index (χ3n) is 5.21. The fourth-order valence-electron chi connectivity index (χ4n) is 3.69. The van der Waals surface area contributed by atoms with E-state index in [1.807, 2.05) is 31.2 Å². The Hall–Kier alpha value is -2.63. The molecule has 1 fully saturated rings. The minimum atomic E-state index is -0.268. The number of para-hydroxylation sites is 1. The molecule has 27 heavy (non-hydrogen) atoms. The molecule has 1 aliphatic rings. The highest BCUT2D eigenvalue weighted by Crippen LogP contribution is 2.23. The lowest BCUT2D eigenvalue weighted by atomic mass is 9.98. The van der Waals surface area contributed by atoms with Gasteiger partial charge in [0, 0.05) is 30.2 Å². The molecule has 0 bridgehead atoms. The summed E-state index contributed by atoms with van der Waals surface area (Å²) in [5.41, 5.74) is 3.97. The predicted octanol–water partition coefficient (Wildman–Crippen LogP) is 3.13. The Morgan fingerprint density at radius 3 is 2.63 bits per heavy atom. The predicted molar refractivity (Wildman–Crippen MR) is 105 cm³/mol. The van der Waals surface area contributed by atoms with Gasteiger partial charge in [0.15, 0.2) is 0 Å². The van der Waals surface area contributed by atoms with Crippen molar-refractivity contribution in [2.75, 3.05) is 19.7 Å². The number of likely N-dealkylation sites (tertiary alicyclic amines) is 1. The zero-order valence-corrected chi connectivity index (χ0v) is 16.2. The average molecular weight is 369 g/mol. The van der Waals surface area contributed by atoms with Crippen LogP contribution in [0.1, 0.15) is 36.6 Å². The number of aryl methyl sites for hydroxylation is 2. The number of fused-ring (bicyclic) bond motifs is 1. The van der Waals surface area contributed by atoms with E-state index in [-0.39, 0.29) is 18.0 Å². The first-order valence-electron chi connectivity index (χ1n) is 9.55. The number of nitrogens with zero attached hydrogens (tertiary/aromatic N) is 2. The number of piperidine rings is 1. The summed E-state index contributed by atoms with van der Waals surface area (Å²) in [6.07, 6.45) is 1.56. The van der Waals surface area contributed by atoms with Gasteiger partial charge in [0.05, 0.1) is 18.5 Å². The molecule has 0 aliphatic carbocycles. The third-order valence-corrected chi connectivity index (χ3v) is 5.21. The van der Waals surface area contributed by atoms with Crippen LogP contribution in [0.2, 0.25) is 0 Å². The molecule has 2 amide bonds. The Kier molecular flexibility index (Phi) is 5.94. The van der Waals surface area contributed by atoms with Crippen LogP contribution in [0, 0.1) is 13.8 Å². The molecular weight excluding hydrogens is 342 g/mol. The van der Waals surface area contributed by atoms with Crippen molar-refractivity contribution < 1.29 is 14.3 Å². The molecule has 2 heterocycles. The number of ether oxygens (including phenoxy) is 1. The van der Waals surface area contributed by atoms with Crippen molar-refractivity contribution in [3.63, 3.8) is 0 Å². The Labute approximate surface area is 159 Å². The summed E-state index contributed by atoms with van der Waals surface area (Å²) >= 11 is 0. The van der Waals surface area contributed by atoms with Gasteiger partial charge in [0.1, 0.15) is 0 Å². The van der Waals surface area contributed by atoms with Crippen molar-refractivity contribution in [1.29, 1.82) is 0 Å². The molecule has 6 heteroatoms. The number of carbonyl (C=O) groups is 2. The van der Waals surface area contributed by atoms with Gasteiger partial charge < -0.3 is 15.0 Å². The lowest BCUT2D eigenvalue weighted by molar-refractivity contribution is -0.121.